The summed E-state index contributed by atoms with van der Waals surface area (Å²) in [6, 6.07) is 0.321. The Morgan fingerprint density at radius 3 is 1.92 bits per heavy atom. The molecular weight excluding hydrogens is 162 g/mol. The lowest BCUT2D eigenvalue weighted by molar-refractivity contribution is 0.223. The van der Waals surface area contributed by atoms with Gasteiger partial charge in [-0.15, -0.1) is 0 Å². The van der Waals surface area contributed by atoms with Crippen molar-refractivity contribution in [2.24, 2.45) is 15.8 Å². The van der Waals surface area contributed by atoms with Crippen molar-refractivity contribution in [2.45, 2.75) is 47.6 Å². The van der Waals surface area contributed by atoms with E-state index < -0.39 is 0 Å². The van der Waals surface area contributed by atoms with Crippen molar-refractivity contribution < 1.29 is 4.74 Å². The van der Waals surface area contributed by atoms with Gasteiger partial charge in [0.15, 0.2) is 5.90 Å². The van der Waals surface area contributed by atoms with Gasteiger partial charge in [-0.2, -0.15) is 0 Å². The molecule has 0 bridgehead atoms. The molecule has 1 aliphatic heterocycles. The maximum Gasteiger partial charge on any atom is 0.189 e. The zero-order valence-corrected chi connectivity index (χ0v) is 9.64. The smallest absolute Gasteiger partial charge is 0.189 e. The molecule has 0 saturated heterocycles. The van der Waals surface area contributed by atoms with Crippen LogP contribution in [0.15, 0.2) is 4.99 Å². The Morgan fingerprint density at radius 2 is 1.69 bits per heavy atom. The van der Waals surface area contributed by atoms with Gasteiger partial charge in [-0.1, -0.05) is 41.5 Å². The normalized spacial score (nSPS) is 24.2. The van der Waals surface area contributed by atoms with E-state index in [1.165, 1.54) is 0 Å². The Balaban J connectivity index is 2.76. The number of hydrogen-bond donors (Lipinski definition) is 0. The minimum atomic E-state index is 0.0556. The fourth-order valence-electron chi connectivity index (χ4n) is 1.23. The maximum absolute atomic E-state index is 5.61. The van der Waals surface area contributed by atoms with Crippen molar-refractivity contribution in [2.75, 3.05) is 6.61 Å². The van der Waals surface area contributed by atoms with E-state index in [9.17, 15) is 0 Å². The summed E-state index contributed by atoms with van der Waals surface area (Å²) in [4.78, 5) is 4.62. The molecule has 76 valence electrons. The van der Waals surface area contributed by atoms with Crippen LogP contribution in [-0.4, -0.2) is 18.5 Å². The largest absolute Gasteiger partial charge is 0.478 e. The molecule has 0 radical (unpaired) electrons. The first-order chi connectivity index (χ1) is 5.71. The fourth-order valence-corrected chi connectivity index (χ4v) is 1.23. The number of ether oxygens (including phenoxy) is 1. The van der Waals surface area contributed by atoms with E-state index in [4.69, 9.17) is 4.74 Å². The van der Waals surface area contributed by atoms with Crippen LogP contribution in [-0.2, 0) is 4.74 Å². The lowest BCUT2D eigenvalue weighted by Gasteiger charge is -2.22. The van der Waals surface area contributed by atoms with E-state index in [1.807, 2.05) is 0 Å². The molecule has 1 atom stereocenters. The predicted octanol–water partition coefficient (Wildman–Crippen LogP) is 2.88. The Hall–Kier alpha value is -0.530. The van der Waals surface area contributed by atoms with Crippen LogP contribution in [0.5, 0.6) is 0 Å². The highest BCUT2D eigenvalue weighted by molar-refractivity contribution is 5.82. The molecule has 0 aliphatic carbocycles. The summed E-state index contributed by atoms with van der Waals surface area (Å²) in [7, 11) is 0. The summed E-state index contributed by atoms with van der Waals surface area (Å²) in [6.07, 6.45) is 0. The molecule has 2 nitrogen and oxygen atoms in total. The second-order valence-corrected chi connectivity index (χ2v) is 5.88. The summed E-state index contributed by atoms with van der Waals surface area (Å²) in [5, 5.41) is 0. The maximum atomic E-state index is 5.61. The lowest BCUT2D eigenvalue weighted by atomic mass is 9.88. The van der Waals surface area contributed by atoms with Crippen molar-refractivity contribution in [1.82, 2.24) is 0 Å². The average molecular weight is 183 g/mol. The Labute approximate surface area is 81.4 Å². The SMILES string of the molecule is CC(C)(C)C1=N[C@H](C(C)(C)C)CO1. The first kappa shape index (κ1) is 10.6. The molecule has 0 fully saturated rings. The quantitative estimate of drug-likeness (QED) is 0.566. The number of aliphatic imine (C=N–C) groups is 1. The van der Waals surface area contributed by atoms with Gasteiger partial charge in [-0.3, -0.25) is 0 Å². The average Bonchev–Trinajstić information content (AvgIpc) is 2.28. The molecule has 0 amide bonds. The van der Waals surface area contributed by atoms with E-state index in [0.29, 0.717) is 6.04 Å². The highest BCUT2D eigenvalue weighted by atomic mass is 16.5. The van der Waals surface area contributed by atoms with E-state index in [0.717, 1.165) is 12.5 Å². The molecule has 2 heteroatoms. The molecule has 13 heavy (non-hydrogen) atoms. The first-order valence-electron chi connectivity index (χ1n) is 4.92. The van der Waals surface area contributed by atoms with Crippen LogP contribution in [0, 0.1) is 10.8 Å². The van der Waals surface area contributed by atoms with Gasteiger partial charge >= 0.3 is 0 Å². The molecule has 0 unspecified atom stereocenters. The minimum absolute atomic E-state index is 0.0556. The zero-order valence-electron chi connectivity index (χ0n) is 9.64. The monoisotopic (exact) mass is 183 g/mol. The number of nitrogens with zero attached hydrogens (tertiary/aromatic N) is 1. The molecular formula is C11H21NO. The van der Waals surface area contributed by atoms with Crippen LogP contribution in [0.25, 0.3) is 0 Å². The van der Waals surface area contributed by atoms with Crippen molar-refractivity contribution in [3.8, 4) is 0 Å². The molecule has 1 heterocycles. The summed E-state index contributed by atoms with van der Waals surface area (Å²) in [5.41, 5.74) is 0.271. The molecule has 1 rings (SSSR count). The third kappa shape index (κ3) is 2.45. The summed E-state index contributed by atoms with van der Waals surface area (Å²) < 4.78 is 5.61. The van der Waals surface area contributed by atoms with E-state index in [-0.39, 0.29) is 10.8 Å². The summed E-state index contributed by atoms with van der Waals surface area (Å²) in [6.45, 7) is 13.8. The highest BCUT2D eigenvalue weighted by Gasteiger charge is 2.34. The van der Waals surface area contributed by atoms with Gasteiger partial charge in [-0.25, -0.2) is 4.99 Å². The van der Waals surface area contributed by atoms with E-state index in [1.54, 1.807) is 0 Å². The molecule has 1 aliphatic rings. The molecule has 0 spiro atoms. The van der Waals surface area contributed by atoms with Gasteiger partial charge in [-0.05, 0) is 5.41 Å². The van der Waals surface area contributed by atoms with E-state index >= 15 is 0 Å². The van der Waals surface area contributed by atoms with Crippen LogP contribution in [0.2, 0.25) is 0 Å². The van der Waals surface area contributed by atoms with Crippen LogP contribution in [0.3, 0.4) is 0 Å². The second kappa shape index (κ2) is 3.00. The standard InChI is InChI=1S/C11H21NO/c1-10(2,3)8-7-13-9(12-8)11(4,5)6/h8H,7H2,1-6H3/t8-/m0/s1. The van der Waals surface area contributed by atoms with Crippen molar-refractivity contribution in [3.63, 3.8) is 0 Å². The molecule has 0 saturated carbocycles. The molecule has 0 aromatic rings. The predicted molar refractivity (Wildman–Crippen MR) is 56.1 cm³/mol. The second-order valence-electron chi connectivity index (χ2n) is 5.88. The van der Waals surface area contributed by atoms with Crippen molar-refractivity contribution in [3.05, 3.63) is 0 Å². The molecule has 0 aromatic heterocycles. The number of rotatable bonds is 0. The summed E-state index contributed by atoms with van der Waals surface area (Å²) >= 11 is 0. The van der Waals surface area contributed by atoms with Crippen LogP contribution >= 0.6 is 0 Å². The zero-order chi connectivity index (χ0) is 10.3. The summed E-state index contributed by atoms with van der Waals surface area (Å²) in [5.74, 6) is 0.910. The third-order valence-corrected chi connectivity index (χ3v) is 2.29. The van der Waals surface area contributed by atoms with Gasteiger partial charge in [0.1, 0.15) is 6.61 Å². The van der Waals surface area contributed by atoms with Crippen molar-refractivity contribution in [1.29, 1.82) is 0 Å². The lowest BCUT2D eigenvalue weighted by Crippen LogP contribution is -2.25. The molecule has 0 N–H and O–H groups in total. The Kier molecular flexibility index (Phi) is 2.44. The number of hydrogen-bond acceptors (Lipinski definition) is 2. The topological polar surface area (TPSA) is 21.6 Å². The van der Waals surface area contributed by atoms with E-state index in [2.05, 4.69) is 46.5 Å². The van der Waals surface area contributed by atoms with Crippen molar-refractivity contribution >= 4 is 5.90 Å². The van der Waals surface area contributed by atoms with Gasteiger partial charge in [0.05, 0.1) is 6.04 Å². The Morgan fingerprint density at radius 1 is 1.15 bits per heavy atom. The highest BCUT2D eigenvalue weighted by Crippen LogP contribution is 2.30. The van der Waals surface area contributed by atoms with Gasteiger partial charge in [0, 0.05) is 5.41 Å². The minimum Gasteiger partial charge on any atom is -0.478 e. The first-order valence-corrected chi connectivity index (χ1v) is 4.92. The van der Waals surface area contributed by atoms with Gasteiger partial charge in [0.25, 0.3) is 0 Å². The van der Waals surface area contributed by atoms with Gasteiger partial charge < -0.3 is 4.74 Å². The molecule has 0 aromatic carbocycles. The Bertz CT molecular complexity index is 217. The fraction of sp³-hybridized carbons (Fsp3) is 0.909. The van der Waals surface area contributed by atoms with Crippen LogP contribution in [0.4, 0.5) is 0 Å². The third-order valence-electron chi connectivity index (χ3n) is 2.29. The van der Waals surface area contributed by atoms with Crippen LogP contribution in [0.1, 0.15) is 41.5 Å². The van der Waals surface area contributed by atoms with Crippen LogP contribution < -0.4 is 0 Å². The van der Waals surface area contributed by atoms with Gasteiger partial charge in [0.2, 0.25) is 0 Å².